The van der Waals surface area contributed by atoms with E-state index in [2.05, 4.69) is 216 Å². The molecule has 1 aromatic heterocycles. The monoisotopic (exact) mass is 638 g/mol. The third-order valence-electron chi connectivity index (χ3n) is 9.57. The zero-order valence-electron chi connectivity index (χ0n) is 27.5. The van der Waals surface area contributed by atoms with E-state index in [1.54, 1.807) is 0 Å². The molecular weight excluding hydrogens is 605 g/mol. The number of aromatic nitrogens is 1. The Morgan fingerprint density at radius 2 is 0.680 bits per heavy atom. The van der Waals surface area contributed by atoms with Gasteiger partial charge in [-0.25, -0.2) is 0 Å². The summed E-state index contributed by atoms with van der Waals surface area (Å²) in [6, 6.07) is 74.0. The molecule has 1 heterocycles. The number of benzene rings is 8. The fourth-order valence-corrected chi connectivity index (χ4v) is 7.17. The quantitative estimate of drug-likeness (QED) is 0.169. The minimum Gasteiger partial charge on any atom is -0.310 e. The highest BCUT2D eigenvalue weighted by atomic mass is 15.1. The van der Waals surface area contributed by atoms with Crippen LogP contribution < -0.4 is 4.90 Å². The van der Waals surface area contributed by atoms with Crippen molar-refractivity contribution in [2.75, 3.05) is 4.90 Å². The molecular formula is C48H34N2. The average molecular weight is 639 g/mol. The van der Waals surface area contributed by atoms with Crippen molar-refractivity contribution in [2.24, 2.45) is 0 Å². The van der Waals surface area contributed by atoms with Crippen LogP contribution in [-0.4, -0.2) is 4.57 Å². The van der Waals surface area contributed by atoms with Gasteiger partial charge in [0.05, 0.1) is 11.0 Å². The first-order chi connectivity index (χ1) is 24.8. The first-order valence-electron chi connectivity index (χ1n) is 17.1. The van der Waals surface area contributed by atoms with Gasteiger partial charge in [-0.3, -0.25) is 0 Å². The van der Waals surface area contributed by atoms with Crippen LogP contribution in [0.2, 0.25) is 0 Å². The third-order valence-corrected chi connectivity index (χ3v) is 9.57. The van der Waals surface area contributed by atoms with Crippen molar-refractivity contribution in [1.82, 2.24) is 4.57 Å². The van der Waals surface area contributed by atoms with Crippen LogP contribution in [0.15, 0.2) is 206 Å². The summed E-state index contributed by atoms with van der Waals surface area (Å²) >= 11 is 0. The molecule has 0 bridgehead atoms. The van der Waals surface area contributed by atoms with Gasteiger partial charge in [0.2, 0.25) is 0 Å². The van der Waals surface area contributed by atoms with Crippen molar-refractivity contribution in [3.05, 3.63) is 206 Å². The van der Waals surface area contributed by atoms with E-state index in [1.165, 1.54) is 55.2 Å². The van der Waals surface area contributed by atoms with Gasteiger partial charge in [0.15, 0.2) is 0 Å². The van der Waals surface area contributed by atoms with Crippen molar-refractivity contribution < 1.29 is 0 Å². The van der Waals surface area contributed by atoms with Crippen LogP contribution in [-0.2, 0) is 0 Å². The van der Waals surface area contributed by atoms with Crippen molar-refractivity contribution >= 4 is 38.9 Å². The first-order valence-corrected chi connectivity index (χ1v) is 17.1. The van der Waals surface area contributed by atoms with E-state index in [1.807, 2.05) is 0 Å². The molecule has 0 amide bonds. The van der Waals surface area contributed by atoms with Crippen molar-refractivity contribution in [3.8, 4) is 39.1 Å². The minimum atomic E-state index is 1.10. The maximum Gasteiger partial charge on any atom is 0.0541 e. The lowest BCUT2D eigenvalue weighted by atomic mass is 9.97. The molecule has 0 aliphatic carbocycles. The smallest absolute Gasteiger partial charge is 0.0541 e. The molecule has 50 heavy (non-hydrogen) atoms. The SMILES string of the molecule is c1ccc(-c2cc(-c3ccccc3)cc(N(c3ccccc3)c3ccc(-c4ccc(-n5c6ccccc6c6ccccc65)cc4)cc3)c2)cc1. The molecule has 0 N–H and O–H groups in total. The summed E-state index contributed by atoms with van der Waals surface area (Å²) in [6.07, 6.45) is 0. The average Bonchev–Trinajstić information content (AvgIpc) is 3.54. The van der Waals surface area contributed by atoms with Gasteiger partial charge < -0.3 is 9.47 Å². The maximum absolute atomic E-state index is 2.36. The van der Waals surface area contributed by atoms with Gasteiger partial charge in [0.1, 0.15) is 0 Å². The summed E-state index contributed by atoms with van der Waals surface area (Å²) in [5, 5.41) is 2.55. The van der Waals surface area contributed by atoms with Gasteiger partial charge in [-0.15, -0.1) is 0 Å². The molecule has 0 saturated carbocycles. The zero-order valence-corrected chi connectivity index (χ0v) is 27.5. The van der Waals surface area contributed by atoms with Crippen LogP contribution in [0, 0.1) is 0 Å². The molecule has 8 aromatic carbocycles. The van der Waals surface area contributed by atoms with Gasteiger partial charge in [-0.05, 0) is 100 Å². The van der Waals surface area contributed by atoms with Crippen molar-refractivity contribution in [3.63, 3.8) is 0 Å². The second-order valence-corrected chi connectivity index (χ2v) is 12.6. The molecule has 0 unspecified atom stereocenters. The maximum atomic E-state index is 2.36. The lowest BCUT2D eigenvalue weighted by Gasteiger charge is -2.27. The molecule has 2 nitrogen and oxygen atoms in total. The van der Waals surface area contributed by atoms with E-state index < -0.39 is 0 Å². The van der Waals surface area contributed by atoms with Gasteiger partial charge in [0.25, 0.3) is 0 Å². The van der Waals surface area contributed by atoms with E-state index in [4.69, 9.17) is 0 Å². The molecule has 0 atom stereocenters. The molecule has 0 aliphatic heterocycles. The van der Waals surface area contributed by atoms with E-state index in [9.17, 15) is 0 Å². The molecule has 9 aromatic rings. The fourth-order valence-electron chi connectivity index (χ4n) is 7.17. The normalized spacial score (nSPS) is 11.2. The Labute approximate surface area is 292 Å². The summed E-state index contributed by atoms with van der Waals surface area (Å²) in [4.78, 5) is 2.36. The fraction of sp³-hybridized carbons (Fsp3) is 0. The zero-order chi connectivity index (χ0) is 33.3. The highest BCUT2D eigenvalue weighted by Gasteiger charge is 2.16. The van der Waals surface area contributed by atoms with Crippen LogP contribution in [0.5, 0.6) is 0 Å². The largest absolute Gasteiger partial charge is 0.310 e. The minimum absolute atomic E-state index is 1.10. The lowest BCUT2D eigenvalue weighted by Crippen LogP contribution is -2.10. The number of hydrogen-bond acceptors (Lipinski definition) is 1. The van der Waals surface area contributed by atoms with Gasteiger partial charge in [-0.2, -0.15) is 0 Å². The van der Waals surface area contributed by atoms with Gasteiger partial charge >= 0.3 is 0 Å². The third kappa shape index (κ3) is 5.43. The van der Waals surface area contributed by atoms with Crippen LogP contribution >= 0.6 is 0 Å². The molecule has 0 fully saturated rings. The summed E-state index contributed by atoms with van der Waals surface area (Å²) in [7, 11) is 0. The van der Waals surface area contributed by atoms with Gasteiger partial charge in [0, 0.05) is 33.5 Å². The number of hydrogen-bond donors (Lipinski definition) is 0. The molecule has 2 heteroatoms. The van der Waals surface area contributed by atoms with Crippen LogP contribution in [0.25, 0.3) is 60.9 Å². The van der Waals surface area contributed by atoms with Gasteiger partial charge in [-0.1, -0.05) is 140 Å². The first kappa shape index (κ1) is 29.5. The molecule has 9 rings (SSSR count). The predicted molar refractivity (Wildman–Crippen MR) is 212 cm³/mol. The van der Waals surface area contributed by atoms with Crippen molar-refractivity contribution in [2.45, 2.75) is 0 Å². The topological polar surface area (TPSA) is 8.17 Å². The highest BCUT2D eigenvalue weighted by molar-refractivity contribution is 6.09. The summed E-state index contributed by atoms with van der Waals surface area (Å²) in [5.41, 5.74) is 14.0. The number of para-hydroxylation sites is 3. The van der Waals surface area contributed by atoms with E-state index in [-0.39, 0.29) is 0 Å². The molecule has 0 aliphatic rings. The molecule has 0 spiro atoms. The highest BCUT2D eigenvalue weighted by Crippen LogP contribution is 2.40. The molecule has 236 valence electrons. The summed E-state index contributed by atoms with van der Waals surface area (Å²) in [5.74, 6) is 0. The van der Waals surface area contributed by atoms with Crippen LogP contribution in [0.1, 0.15) is 0 Å². The number of nitrogens with zero attached hydrogens (tertiary/aromatic N) is 2. The lowest BCUT2D eigenvalue weighted by molar-refractivity contribution is 1.18. The second-order valence-electron chi connectivity index (χ2n) is 12.6. The molecule has 0 radical (unpaired) electrons. The number of anilines is 3. The Balaban J connectivity index is 1.11. The van der Waals surface area contributed by atoms with Crippen LogP contribution in [0.3, 0.4) is 0 Å². The number of fused-ring (bicyclic) bond motifs is 3. The standard InChI is InChI=1S/C48H34N2/c1-4-14-35(15-5-1)39-32-40(36-16-6-2-7-17-36)34-44(33-39)49(41-18-8-3-9-19-41)42-28-24-37(25-29-42)38-26-30-43(31-27-38)50-47-22-12-10-20-45(47)46-21-11-13-23-48(46)50/h1-34H. The Morgan fingerprint density at radius 1 is 0.280 bits per heavy atom. The molecule has 0 saturated heterocycles. The van der Waals surface area contributed by atoms with E-state index in [0.29, 0.717) is 0 Å². The Hall–Kier alpha value is -6.64. The Kier molecular flexibility index (Phi) is 7.53. The Morgan fingerprint density at radius 3 is 1.20 bits per heavy atom. The summed E-state index contributed by atoms with van der Waals surface area (Å²) in [6.45, 7) is 0. The Bertz CT molecular complexity index is 2440. The van der Waals surface area contributed by atoms with Crippen LogP contribution in [0.4, 0.5) is 17.1 Å². The second kappa shape index (κ2) is 12.8. The summed E-state index contributed by atoms with van der Waals surface area (Å²) < 4.78 is 2.36. The van der Waals surface area contributed by atoms with Crippen molar-refractivity contribution in [1.29, 1.82) is 0 Å². The van der Waals surface area contributed by atoms with E-state index >= 15 is 0 Å². The van der Waals surface area contributed by atoms with E-state index in [0.717, 1.165) is 22.7 Å². The predicted octanol–water partition coefficient (Wildman–Crippen LogP) is 13.3. The number of rotatable bonds is 7.